The molecule has 0 bridgehead atoms. The summed E-state index contributed by atoms with van der Waals surface area (Å²) in [7, 11) is 0. The monoisotopic (exact) mass is 272 g/mol. The Morgan fingerprint density at radius 1 is 1.35 bits per heavy atom. The Morgan fingerprint density at radius 3 is 2.70 bits per heavy atom. The summed E-state index contributed by atoms with van der Waals surface area (Å²) in [5.41, 5.74) is 7.63. The predicted octanol–water partition coefficient (Wildman–Crippen LogP) is 1.85. The first-order valence-corrected chi connectivity index (χ1v) is 6.69. The first kappa shape index (κ1) is 14.3. The lowest BCUT2D eigenvalue weighted by Gasteiger charge is -2.14. The number of rotatable bonds is 5. The number of benzene rings is 1. The van der Waals surface area contributed by atoms with E-state index in [-0.39, 0.29) is 11.8 Å². The summed E-state index contributed by atoms with van der Waals surface area (Å²) < 4.78 is 1.78. The average Bonchev–Trinajstić information content (AvgIpc) is 2.86. The normalized spacial score (nSPS) is 12.4. The smallest absolute Gasteiger partial charge is 0.241 e. The summed E-state index contributed by atoms with van der Waals surface area (Å²) in [5, 5.41) is 7.01. The zero-order chi connectivity index (χ0) is 14.5. The highest BCUT2D eigenvalue weighted by atomic mass is 16.2. The van der Waals surface area contributed by atoms with E-state index in [4.69, 9.17) is 5.73 Å². The zero-order valence-electron chi connectivity index (χ0n) is 11.8. The van der Waals surface area contributed by atoms with Crippen molar-refractivity contribution in [3.63, 3.8) is 0 Å². The van der Waals surface area contributed by atoms with Gasteiger partial charge in [-0.25, -0.2) is 0 Å². The van der Waals surface area contributed by atoms with Crippen LogP contribution in [0.4, 0.5) is 5.69 Å². The number of anilines is 1. The second kappa shape index (κ2) is 6.34. The second-order valence-corrected chi connectivity index (χ2v) is 5.17. The van der Waals surface area contributed by atoms with Crippen LogP contribution in [0, 0.1) is 5.92 Å². The molecule has 0 fully saturated rings. The number of nitrogens with two attached hydrogens (primary N) is 1. The van der Waals surface area contributed by atoms with Crippen molar-refractivity contribution < 1.29 is 4.79 Å². The number of nitrogens with one attached hydrogen (secondary N) is 1. The van der Waals surface area contributed by atoms with Crippen molar-refractivity contribution in [2.75, 3.05) is 5.32 Å². The minimum atomic E-state index is -0.507. The molecule has 1 aromatic heterocycles. The topological polar surface area (TPSA) is 72.9 Å². The molecule has 0 aliphatic heterocycles. The third-order valence-corrected chi connectivity index (χ3v) is 3.11. The van der Waals surface area contributed by atoms with E-state index in [1.54, 1.807) is 17.1 Å². The van der Waals surface area contributed by atoms with E-state index in [0.717, 1.165) is 5.56 Å². The third kappa shape index (κ3) is 3.68. The van der Waals surface area contributed by atoms with Gasteiger partial charge >= 0.3 is 0 Å². The van der Waals surface area contributed by atoms with Gasteiger partial charge in [-0.15, -0.1) is 0 Å². The largest absolute Gasteiger partial charge is 0.322 e. The first-order chi connectivity index (χ1) is 9.56. The van der Waals surface area contributed by atoms with Crippen molar-refractivity contribution in [1.82, 2.24) is 9.78 Å². The van der Waals surface area contributed by atoms with Crippen LogP contribution in [0.1, 0.15) is 19.4 Å². The van der Waals surface area contributed by atoms with E-state index >= 15 is 0 Å². The summed E-state index contributed by atoms with van der Waals surface area (Å²) in [4.78, 5) is 11.8. The third-order valence-electron chi connectivity index (χ3n) is 3.11. The number of hydrogen-bond donors (Lipinski definition) is 2. The molecule has 20 heavy (non-hydrogen) atoms. The number of amides is 1. The van der Waals surface area contributed by atoms with Crippen LogP contribution < -0.4 is 11.1 Å². The van der Waals surface area contributed by atoms with Crippen LogP contribution in [-0.2, 0) is 11.3 Å². The Kier molecular flexibility index (Phi) is 4.53. The van der Waals surface area contributed by atoms with Crippen molar-refractivity contribution in [1.29, 1.82) is 0 Å². The molecule has 5 nitrogen and oxygen atoms in total. The Balaban J connectivity index is 1.97. The van der Waals surface area contributed by atoms with Gasteiger partial charge in [0, 0.05) is 6.20 Å². The Labute approximate surface area is 118 Å². The van der Waals surface area contributed by atoms with Gasteiger partial charge in [0.05, 0.1) is 24.5 Å². The fraction of sp³-hybridized carbons (Fsp3) is 0.333. The average molecular weight is 272 g/mol. The van der Waals surface area contributed by atoms with E-state index in [1.807, 2.05) is 44.2 Å². The Hall–Kier alpha value is -2.14. The minimum absolute atomic E-state index is 0.106. The van der Waals surface area contributed by atoms with Gasteiger partial charge in [-0.2, -0.15) is 5.10 Å². The standard InChI is InChI=1S/C15H20N4O/c1-11(2)14(16)15(20)18-13-8-17-19(10-13)9-12-6-4-3-5-7-12/h3-8,10-11,14H,9,16H2,1-2H3,(H,18,20)/t14-/m0/s1. The highest BCUT2D eigenvalue weighted by Crippen LogP contribution is 2.09. The summed E-state index contributed by atoms with van der Waals surface area (Å²) in [5.74, 6) is -0.0753. The lowest BCUT2D eigenvalue weighted by molar-refractivity contribution is -0.118. The molecule has 2 rings (SSSR count). The molecule has 0 unspecified atom stereocenters. The van der Waals surface area contributed by atoms with Crippen LogP contribution in [0.5, 0.6) is 0 Å². The van der Waals surface area contributed by atoms with E-state index in [9.17, 15) is 4.79 Å². The number of aromatic nitrogens is 2. The molecule has 5 heteroatoms. The lowest BCUT2D eigenvalue weighted by atomic mass is 10.1. The fourth-order valence-electron chi connectivity index (χ4n) is 1.81. The molecule has 1 amide bonds. The lowest BCUT2D eigenvalue weighted by Crippen LogP contribution is -2.39. The van der Waals surface area contributed by atoms with Crippen molar-refractivity contribution >= 4 is 11.6 Å². The van der Waals surface area contributed by atoms with Crippen LogP contribution in [-0.4, -0.2) is 21.7 Å². The summed E-state index contributed by atoms with van der Waals surface area (Å²) in [6.07, 6.45) is 3.44. The van der Waals surface area contributed by atoms with Crippen LogP contribution in [0.25, 0.3) is 0 Å². The number of carbonyl (C=O) groups excluding carboxylic acids is 1. The van der Waals surface area contributed by atoms with Gasteiger partial charge in [0.25, 0.3) is 0 Å². The van der Waals surface area contributed by atoms with Gasteiger partial charge < -0.3 is 11.1 Å². The molecule has 0 spiro atoms. The number of hydrogen-bond acceptors (Lipinski definition) is 3. The quantitative estimate of drug-likeness (QED) is 0.872. The molecule has 0 saturated heterocycles. The maximum Gasteiger partial charge on any atom is 0.241 e. The van der Waals surface area contributed by atoms with Gasteiger partial charge in [-0.3, -0.25) is 9.48 Å². The maximum atomic E-state index is 11.8. The fourth-order valence-corrected chi connectivity index (χ4v) is 1.81. The van der Waals surface area contributed by atoms with Gasteiger partial charge in [-0.1, -0.05) is 44.2 Å². The van der Waals surface area contributed by atoms with E-state index in [2.05, 4.69) is 10.4 Å². The van der Waals surface area contributed by atoms with Crippen molar-refractivity contribution in [3.05, 3.63) is 48.3 Å². The van der Waals surface area contributed by atoms with Crippen molar-refractivity contribution in [2.24, 2.45) is 11.7 Å². The summed E-state index contributed by atoms with van der Waals surface area (Å²) >= 11 is 0. The molecule has 2 aromatic rings. The van der Waals surface area contributed by atoms with E-state index in [0.29, 0.717) is 12.2 Å². The zero-order valence-corrected chi connectivity index (χ0v) is 11.8. The molecule has 106 valence electrons. The molecule has 0 aliphatic carbocycles. The summed E-state index contributed by atoms with van der Waals surface area (Å²) in [6.45, 7) is 4.51. The van der Waals surface area contributed by atoms with Crippen LogP contribution in [0.3, 0.4) is 0 Å². The van der Waals surface area contributed by atoms with Gasteiger partial charge in [0.1, 0.15) is 0 Å². The molecular formula is C15H20N4O. The number of carbonyl (C=O) groups is 1. The van der Waals surface area contributed by atoms with E-state index in [1.165, 1.54) is 0 Å². The number of nitrogens with zero attached hydrogens (tertiary/aromatic N) is 2. The van der Waals surface area contributed by atoms with Crippen molar-refractivity contribution in [3.8, 4) is 0 Å². The minimum Gasteiger partial charge on any atom is -0.322 e. The second-order valence-electron chi connectivity index (χ2n) is 5.17. The Bertz CT molecular complexity index is 562. The summed E-state index contributed by atoms with van der Waals surface area (Å²) in [6, 6.07) is 9.52. The molecular weight excluding hydrogens is 252 g/mol. The SMILES string of the molecule is CC(C)[C@H](N)C(=O)Nc1cnn(Cc2ccccc2)c1. The highest BCUT2D eigenvalue weighted by molar-refractivity contribution is 5.94. The molecule has 0 saturated carbocycles. The molecule has 1 atom stereocenters. The first-order valence-electron chi connectivity index (χ1n) is 6.69. The van der Waals surface area contributed by atoms with Gasteiger partial charge in [0.2, 0.25) is 5.91 Å². The molecule has 0 aliphatic rings. The molecule has 1 heterocycles. The maximum absolute atomic E-state index is 11.8. The van der Waals surface area contributed by atoms with E-state index < -0.39 is 6.04 Å². The molecule has 3 N–H and O–H groups in total. The van der Waals surface area contributed by atoms with Crippen molar-refractivity contribution in [2.45, 2.75) is 26.4 Å². The van der Waals surface area contributed by atoms with Crippen LogP contribution in [0.15, 0.2) is 42.7 Å². The molecule has 0 radical (unpaired) electrons. The van der Waals surface area contributed by atoms with Crippen LogP contribution in [0.2, 0.25) is 0 Å². The van der Waals surface area contributed by atoms with Gasteiger partial charge in [0.15, 0.2) is 0 Å². The van der Waals surface area contributed by atoms with Crippen LogP contribution >= 0.6 is 0 Å². The molecule has 1 aromatic carbocycles. The predicted molar refractivity (Wildman–Crippen MR) is 79.2 cm³/mol. The Morgan fingerprint density at radius 2 is 2.05 bits per heavy atom. The van der Waals surface area contributed by atoms with Gasteiger partial charge in [-0.05, 0) is 11.5 Å². The highest BCUT2D eigenvalue weighted by Gasteiger charge is 2.17.